The Morgan fingerprint density at radius 3 is 2.22 bits per heavy atom. The number of aromatic nitrogens is 2. The van der Waals surface area contributed by atoms with E-state index in [1.807, 2.05) is 78.9 Å². The monoisotopic (exact) mass is 656 g/mol. The molecule has 248 valence electrons. The molecule has 2 heterocycles. The van der Waals surface area contributed by atoms with Gasteiger partial charge in [-0.1, -0.05) is 71.9 Å². The number of nitrogens with zero attached hydrogens (tertiary/aromatic N) is 4. The number of hydrogen-bond acceptors (Lipinski definition) is 8. The molecule has 1 aromatic heterocycles. The van der Waals surface area contributed by atoms with Gasteiger partial charge in [-0.25, -0.2) is 20.6 Å². The lowest BCUT2D eigenvalue weighted by molar-refractivity contribution is -0.148. The van der Waals surface area contributed by atoms with Gasteiger partial charge in [0.05, 0.1) is 28.4 Å². The molecule has 0 bridgehead atoms. The number of phenols is 1. The van der Waals surface area contributed by atoms with E-state index in [1.54, 1.807) is 24.3 Å². The van der Waals surface area contributed by atoms with Crippen LogP contribution in [0.2, 0.25) is 0 Å². The van der Waals surface area contributed by atoms with Crippen LogP contribution in [0.5, 0.6) is 5.75 Å². The highest BCUT2D eigenvalue weighted by Gasteiger charge is 2.28. The molecule has 1 aliphatic heterocycles. The number of carboxylic acid groups (broad SMARTS) is 1. The van der Waals surface area contributed by atoms with Crippen LogP contribution in [-0.4, -0.2) is 57.0 Å². The zero-order valence-corrected chi connectivity index (χ0v) is 27.1. The average molecular weight is 657 g/mol. The van der Waals surface area contributed by atoms with Gasteiger partial charge < -0.3 is 24.9 Å². The van der Waals surface area contributed by atoms with E-state index in [2.05, 4.69) is 28.9 Å². The van der Waals surface area contributed by atoms with E-state index in [0.717, 1.165) is 51.7 Å². The molecular formula is C38H36N6O5. The van der Waals surface area contributed by atoms with Crippen LogP contribution in [0.1, 0.15) is 31.4 Å². The van der Waals surface area contributed by atoms with Gasteiger partial charge in [0.25, 0.3) is 5.91 Å². The Balaban J connectivity index is 1.32. The van der Waals surface area contributed by atoms with E-state index in [1.165, 1.54) is 6.08 Å². The summed E-state index contributed by atoms with van der Waals surface area (Å²) < 4.78 is 0. The number of hydrogen-bond donors (Lipinski definition) is 4. The fourth-order valence-electron chi connectivity index (χ4n) is 5.65. The summed E-state index contributed by atoms with van der Waals surface area (Å²) in [6.07, 6.45) is 2.31. The normalized spacial score (nSPS) is 14.0. The number of carboxylic acids is 1. The van der Waals surface area contributed by atoms with Gasteiger partial charge in [-0.2, -0.15) is 0 Å². The first kappa shape index (κ1) is 32.7. The molecule has 11 heteroatoms. The molecular weight excluding hydrogens is 620 g/mol. The van der Waals surface area contributed by atoms with E-state index in [4.69, 9.17) is 15.7 Å². The number of amides is 1. The van der Waals surface area contributed by atoms with Gasteiger partial charge in [0.15, 0.2) is 0 Å². The van der Waals surface area contributed by atoms with Crippen molar-refractivity contribution in [2.24, 2.45) is 11.0 Å². The summed E-state index contributed by atoms with van der Waals surface area (Å²) in [6, 6.07) is 29.7. The SMILES string of the molecule is CCN(CC)c1ccc(-c2nc(-c3ccc(C4=NOC(C(=O)O)C4)cc3)c(-c3ccc(C=CC(=O)N(N)c4ccccc4)cc3)[nH]2)c(O)c1. The van der Waals surface area contributed by atoms with Gasteiger partial charge in [-0.3, -0.25) is 4.79 Å². The van der Waals surface area contributed by atoms with Crippen molar-refractivity contribution < 1.29 is 24.6 Å². The number of oxime groups is 1. The highest BCUT2D eigenvalue weighted by atomic mass is 16.7. The molecule has 1 atom stereocenters. The van der Waals surface area contributed by atoms with Crippen molar-refractivity contribution in [3.8, 4) is 39.7 Å². The number of benzene rings is 4. The molecule has 4 aromatic carbocycles. The number of hydrazine groups is 1. The number of carbonyl (C=O) groups excluding carboxylic acids is 1. The van der Waals surface area contributed by atoms with Crippen molar-refractivity contribution in [2.75, 3.05) is 23.0 Å². The Labute approximate surface area is 283 Å². The summed E-state index contributed by atoms with van der Waals surface area (Å²) in [5, 5.41) is 25.4. The predicted molar refractivity (Wildman–Crippen MR) is 191 cm³/mol. The van der Waals surface area contributed by atoms with Crippen LogP contribution in [-0.2, 0) is 14.4 Å². The maximum Gasteiger partial charge on any atom is 0.348 e. The lowest BCUT2D eigenvalue weighted by atomic mass is 10.00. The summed E-state index contributed by atoms with van der Waals surface area (Å²) >= 11 is 0. The first-order chi connectivity index (χ1) is 23.7. The topological polar surface area (TPSA) is 157 Å². The third-order valence-electron chi connectivity index (χ3n) is 8.39. The van der Waals surface area contributed by atoms with Crippen LogP contribution >= 0.6 is 0 Å². The largest absolute Gasteiger partial charge is 0.507 e. The number of phenolic OH excluding ortho intramolecular Hbond substituents is 1. The smallest absolute Gasteiger partial charge is 0.348 e. The van der Waals surface area contributed by atoms with Crippen molar-refractivity contribution in [1.29, 1.82) is 0 Å². The van der Waals surface area contributed by atoms with Gasteiger partial charge in [0.2, 0.25) is 6.10 Å². The molecule has 0 fully saturated rings. The number of nitrogens with two attached hydrogens (primary N) is 1. The van der Waals surface area contributed by atoms with Crippen LogP contribution in [0.25, 0.3) is 40.0 Å². The number of aromatic amines is 1. The summed E-state index contributed by atoms with van der Waals surface area (Å²) in [4.78, 5) is 39.6. The third-order valence-corrected chi connectivity index (χ3v) is 8.39. The third kappa shape index (κ3) is 7.07. The molecule has 0 aliphatic carbocycles. The van der Waals surface area contributed by atoms with E-state index >= 15 is 0 Å². The van der Waals surface area contributed by atoms with Crippen LogP contribution in [0.15, 0.2) is 108 Å². The van der Waals surface area contributed by atoms with Gasteiger partial charge in [0.1, 0.15) is 11.6 Å². The number of anilines is 2. The van der Waals surface area contributed by atoms with Crippen LogP contribution in [0, 0.1) is 0 Å². The molecule has 1 aliphatic rings. The Hall–Kier alpha value is -6.20. The first-order valence-corrected chi connectivity index (χ1v) is 15.9. The number of imidazole rings is 1. The summed E-state index contributed by atoms with van der Waals surface area (Å²) in [5.41, 5.74) is 7.19. The molecule has 0 saturated heterocycles. The molecule has 6 rings (SSSR count). The average Bonchev–Trinajstić information content (AvgIpc) is 3.81. The van der Waals surface area contributed by atoms with E-state index < -0.39 is 12.1 Å². The lowest BCUT2D eigenvalue weighted by Gasteiger charge is -2.21. The highest BCUT2D eigenvalue weighted by molar-refractivity contribution is 6.04. The van der Waals surface area contributed by atoms with Crippen LogP contribution in [0.4, 0.5) is 11.4 Å². The van der Waals surface area contributed by atoms with Gasteiger partial charge in [-0.05, 0) is 55.3 Å². The van der Waals surface area contributed by atoms with E-state index in [9.17, 15) is 19.8 Å². The molecule has 1 amide bonds. The number of aliphatic carboxylic acids is 1. The van der Waals surface area contributed by atoms with Crippen LogP contribution in [0.3, 0.4) is 0 Å². The van der Waals surface area contributed by atoms with E-state index in [-0.39, 0.29) is 18.1 Å². The Kier molecular flexibility index (Phi) is 9.54. The lowest BCUT2D eigenvalue weighted by Crippen LogP contribution is -2.35. The number of carbonyl (C=O) groups is 2. The maximum atomic E-state index is 12.7. The second-order valence-corrected chi connectivity index (χ2v) is 11.4. The van der Waals surface area contributed by atoms with Gasteiger partial charge in [0, 0.05) is 48.5 Å². The van der Waals surface area contributed by atoms with Crippen molar-refractivity contribution >= 4 is 35.0 Å². The molecule has 11 nitrogen and oxygen atoms in total. The van der Waals surface area contributed by atoms with Crippen molar-refractivity contribution in [3.63, 3.8) is 0 Å². The second-order valence-electron chi connectivity index (χ2n) is 11.4. The fourth-order valence-corrected chi connectivity index (χ4v) is 5.65. The highest BCUT2D eigenvalue weighted by Crippen LogP contribution is 2.37. The minimum Gasteiger partial charge on any atom is -0.507 e. The molecule has 0 saturated carbocycles. The minimum atomic E-state index is -1.06. The standard InChI is InChI=1S/C38H36N6O5/c1-3-43(4-2)29-19-20-30(32(45)22-29)37-40-35(36(41-37)27-17-15-25(16-18-27)31-23-33(38(47)48)49-42-31)26-13-10-24(11-14-26)12-21-34(46)44(39)28-8-6-5-7-9-28/h5-22,33,45H,3-4,23,39H2,1-2H3,(H,40,41)(H,47,48). The maximum absolute atomic E-state index is 12.7. The summed E-state index contributed by atoms with van der Waals surface area (Å²) in [7, 11) is 0. The Morgan fingerprint density at radius 1 is 0.918 bits per heavy atom. The van der Waals surface area contributed by atoms with E-state index in [0.29, 0.717) is 28.5 Å². The first-order valence-electron chi connectivity index (χ1n) is 15.9. The van der Waals surface area contributed by atoms with Crippen LogP contribution < -0.4 is 15.8 Å². The Morgan fingerprint density at radius 2 is 1.59 bits per heavy atom. The minimum absolute atomic E-state index is 0.105. The quantitative estimate of drug-likeness (QED) is 0.0546. The molecule has 0 spiro atoms. The molecule has 1 unspecified atom stereocenters. The number of rotatable bonds is 11. The Bertz CT molecular complexity index is 2020. The summed E-state index contributed by atoms with van der Waals surface area (Å²) in [5.74, 6) is 5.18. The molecule has 5 aromatic rings. The number of aromatic hydroxyl groups is 1. The van der Waals surface area contributed by atoms with Crippen molar-refractivity contribution in [1.82, 2.24) is 9.97 Å². The number of nitrogens with one attached hydrogen (secondary N) is 1. The molecule has 5 N–H and O–H groups in total. The van der Waals surface area contributed by atoms with Gasteiger partial charge >= 0.3 is 5.97 Å². The summed E-state index contributed by atoms with van der Waals surface area (Å²) in [6.45, 7) is 5.76. The van der Waals surface area contributed by atoms with Crippen molar-refractivity contribution in [3.05, 3.63) is 114 Å². The predicted octanol–water partition coefficient (Wildman–Crippen LogP) is 6.46. The van der Waals surface area contributed by atoms with Gasteiger partial charge in [-0.15, -0.1) is 0 Å². The second kappa shape index (κ2) is 14.3. The molecule has 49 heavy (non-hydrogen) atoms. The zero-order valence-electron chi connectivity index (χ0n) is 27.1. The fraction of sp³-hybridized carbons (Fsp3) is 0.158. The molecule has 0 radical (unpaired) electrons. The number of H-pyrrole nitrogens is 1. The van der Waals surface area contributed by atoms with Crippen molar-refractivity contribution in [2.45, 2.75) is 26.4 Å². The zero-order chi connectivity index (χ0) is 34.5. The number of para-hydroxylation sites is 1.